The molecule has 1 rings (SSSR count). The Morgan fingerprint density at radius 2 is 2.21 bits per heavy atom. The second kappa shape index (κ2) is 5.24. The molecule has 0 fully saturated rings. The minimum atomic E-state index is -0.956. The summed E-state index contributed by atoms with van der Waals surface area (Å²) >= 11 is 0. The zero-order chi connectivity index (χ0) is 10.4. The molecule has 1 N–H and O–H groups in total. The Balaban J connectivity index is 2.59. The molecule has 1 aromatic rings. The van der Waals surface area contributed by atoms with Crippen LogP contribution in [0.2, 0.25) is 0 Å². The van der Waals surface area contributed by atoms with Crippen LogP contribution in [0, 0.1) is 0 Å². The Hall–Kier alpha value is -1.55. The van der Waals surface area contributed by atoms with E-state index in [1.165, 1.54) is 12.1 Å². The zero-order valence-electron chi connectivity index (χ0n) is 7.90. The van der Waals surface area contributed by atoms with E-state index in [-0.39, 0.29) is 5.56 Å². The topological polar surface area (TPSA) is 55.8 Å². The molecule has 0 aliphatic carbocycles. The summed E-state index contributed by atoms with van der Waals surface area (Å²) in [5, 5.41) is 8.70. The summed E-state index contributed by atoms with van der Waals surface area (Å²) in [6.07, 6.45) is 0. The first kappa shape index (κ1) is 10.5. The molecule has 0 aliphatic rings. The van der Waals surface area contributed by atoms with Gasteiger partial charge in [0.2, 0.25) is 0 Å². The number of aromatic carboxylic acids is 1. The molecule has 4 heteroatoms. The summed E-state index contributed by atoms with van der Waals surface area (Å²) in [6.45, 7) is 0.900. The highest BCUT2D eigenvalue weighted by Gasteiger charge is 2.03. The number of rotatable bonds is 5. The average molecular weight is 196 g/mol. The molecule has 14 heavy (non-hydrogen) atoms. The van der Waals surface area contributed by atoms with E-state index in [1.807, 2.05) is 0 Å². The minimum Gasteiger partial charge on any atom is -0.491 e. The zero-order valence-corrected chi connectivity index (χ0v) is 7.90. The van der Waals surface area contributed by atoms with Crippen LogP contribution in [0.15, 0.2) is 24.3 Å². The van der Waals surface area contributed by atoms with Crippen molar-refractivity contribution in [3.05, 3.63) is 29.8 Å². The SMILES string of the molecule is COCCOc1cccc(C(=O)O)c1. The van der Waals surface area contributed by atoms with Crippen molar-refractivity contribution in [3.63, 3.8) is 0 Å². The summed E-state index contributed by atoms with van der Waals surface area (Å²) in [6, 6.07) is 6.36. The molecule has 0 amide bonds. The number of benzene rings is 1. The van der Waals surface area contributed by atoms with Crippen LogP contribution in [0.1, 0.15) is 10.4 Å². The Morgan fingerprint density at radius 1 is 1.43 bits per heavy atom. The van der Waals surface area contributed by atoms with Crippen molar-refractivity contribution in [1.29, 1.82) is 0 Å². The van der Waals surface area contributed by atoms with Crippen molar-refractivity contribution in [3.8, 4) is 5.75 Å². The van der Waals surface area contributed by atoms with Gasteiger partial charge >= 0.3 is 5.97 Å². The van der Waals surface area contributed by atoms with E-state index in [0.29, 0.717) is 19.0 Å². The van der Waals surface area contributed by atoms with E-state index in [4.69, 9.17) is 14.6 Å². The third-order valence-electron chi connectivity index (χ3n) is 1.64. The Kier molecular flexibility index (Phi) is 3.94. The lowest BCUT2D eigenvalue weighted by atomic mass is 10.2. The molecule has 0 heterocycles. The van der Waals surface area contributed by atoms with E-state index in [1.54, 1.807) is 19.2 Å². The number of hydrogen-bond donors (Lipinski definition) is 1. The molecule has 0 unspecified atom stereocenters. The van der Waals surface area contributed by atoms with E-state index < -0.39 is 5.97 Å². The lowest BCUT2D eigenvalue weighted by Gasteiger charge is -2.05. The van der Waals surface area contributed by atoms with Crippen LogP contribution in [-0.4, -0.2) is 31.4 Å². The fourth-order valence-corrected chi connectivity index (χ4v) is 0.962. The van der Waals surface area contributed by atoms with Gasteiger partial charge in [0.15, 0.2) is 0 Å². The molecule has 0 aromatic heterocycles. The number of carboxylic acids is 1. The van der Waals surface area contributed by atoms with E-state index in [2.05, 4.69) is 0 Å². The van der Waals surface area contributed by atoms with Gasteiger partial charge in [0.25, 0.3) is 0 Å². The van der Waals surface area contributed by atoms with E-state index in [9.17, 15) is 4.79 Å². The lowest BCUT2D eigenvalue weighted by molar-refractivity contribution is 0.0696. The minimum absolute atomic E-state index is 0.222. The number of ether oxygens (including phenoxy) is 2. The summed E-state index contributed by atoms with van der Waals surface area (Å²) in [4.78, 5) is 10.6. The quantitative estimate of drug-likeness (QED) is 0.723. The predicted molar refractivity (Wildman–Crippen MR) is 50.8 cm³/mol. The fraction of sp³-hybridized carbons (Fsp3) is 0.300. The van der Waals surface area contributed by atoms with Crippen molar-refractivity contribution in [2.75, 3.05) is 20.3 Å². The van der Waals surface area contributed by atoms with Gasteiger partial charge in [-0.2, -0.15) is 0 Å². The number of hydrogen-bond acceptors (Lipinski definition) is 3. The van der Waals surface area contributed by atoms with Crippen LogP contribution in [0.4, 0.5) is 0 Å². The van der Waals surface area contributed by atoms with Gasteiger partial charge in [-0.1, -0.05) is 6.07 Å². The first-order chi connectivity index (χ1) is 6.74. The first-order valence-electron chi connectivity index (χ1n) is 4.19. The van der Waals surface area contributed by atoms with Gasteiger partial charge < -0.3 is 14.6 Å². The fourth-order valence-electron chi connectivity index (χ4n) is 0.962. The average Bonchev–Trinajstić information content (AvgIpc) is 2.19. The lowest BCUT2D eigenvalue weighted by Crippen LogP contribution is -2.05. The van der Waals surface area contributed by atoms with E-state index in [0.717, 1.165) is 0 Å². The van der Waals surface area contributed by atoms with Crippen LogP contribution in [0.5, 0.6) is 5.75 Å². The highest BCUT2D eigenvalue weighted by atomic mass is 16.5. The normalized spacial score (nSPS) is 9.79. The summed E-state index contributed by atoms with van der Waals surface area (Å²) in [7, 11) is 1.58. The first-order valence-corrected chi connectivity index (χ1v) is 4.19. The smallest absolute Gasteiger partial charge is 0.335 e. The second-order valence-corrected chi connectivity index (χ2v) is 2.67. The molecular weight excluding hydrogens is 184 g/mol. The van der Waals surface area contributed by atoms with Crippen LogP contribution in [0.3, 0.4) is 0 Å². The molecule has 0 atom stereocenters. The van der Waals surface area contributed by atoms with Crippen LogP contribution in [0.25, 0.3) is 0 Å². The number of carboxylic acid groups (broad SMARTS) is 1. The molecule has 4 nitrogen and oxygen atoms in total. The predicted octanol–water partition coefficient (Wildman–Crippen LogP) is 1.41. The third-order valence-corrected chi connectivity index (χ3v) is 1.64. The van der Waals surface area contributed by atoms with Gasteiger partial charge in [-0.25, -0.2) is 4.79 Å². The highest BCUT2D eigenvalue weighted by Crippen LogP contribution is 2.12. The molecule has 0 saturated carbocycles. The van der Waals surface area contributed by atoms with Crippen molar-refractivity contribution < 1.29 is 19.4 Å². The molecule has 0 spiro atoms. The van der Waals surface area contributed by atoms with Gasteiger partial charge in [-0.3, -0.25) is 0 Å². The third kappa shape index (κ3) is 3.06. The second-order valence-electron chi connectivity index (χ2n) is 2.67. The highest BCUT2D eigenvalue weighted by molar-refractivity contribution is 5.87. The van der Waals surface area contributed by atoms with Crippen molar-refractivity contribution in [1.82, 2.24) is 0 Å². The van der Waals surface area contributed by atoms with Gasteiger partial charge in [0.05, 0.1) is 12.2 Å². The van der Waals surface area contributed by atoms with Gasteiger partial charge in [-0.05, 0) is 18.2 Å². The van der Waals surface area contributed by atoms with Crippen LogP contribution < -0.4 is 4.74 Å². The summed E-state index contributed by atoms with van der Waals surface area (Å²) < 4.78 is 10.0. The molecular formula is C10H12O4. The molecule has 0 radical (unpaired) electrons. The largest absolute Gasteiger partial charge is 0.491 e. The maximum atomic E-state index is 10.6. The van der Waals surface area contributed by atoms with Gasteiger partial charge in [-0.15, -0.1) is 0 Å². The van der Waals surface area contributed by atoms with Gasteiger partial charge in [0, 0.05) is 7.11 Å². The van der Waals surface area contributed by atoms with Gasteiger partial charge in [0.1, 0.15) is 12.4 Å². The number of methoxy groups -OCH3 is 1. The Labute approximate surface area is 82.1 Å². The molecule has 76 valence electrons. The molecule has 0 bridgehead atoms. The number of carbonyl (C=O) groups is 1. The molecule has 0 saturated heterocycles. The van der Waals surface area contributed by atoms with Crippen LogP contribution >= 0.6 is 0 Å². The Bertz CT molecular complexity index is 309. The Morgan fingerprint density at radius 3 is 2.86 bits per heavy atom. The van der Waals surface area contributed by atoms with Crippen LogP contribution in [-0.2, 0) is 4.74 Å². The monoisotopic (exact) mass is 196 g/mol. The van der Waals surface area contributed by atoms with E-state index >= 15 is 0 Å². The van der Waals surface area contributed by atoms with Crippen molar-refractivity contribution in [2.24, 2.45) is 0 Å². The molecule has 1 aromatic carbocycles. The maximum absolute atomic E-state index is 10.6. The summed E-state index contributed by atoms with van der Waals surface area (Å²) in [5.74, 6) is -0.413. The summed E-state index contributed by atoms with van der Waals surface area (Å²) in [5.41, 5.74) is 0.222. The van der Waals surface area contributed by atoms with Crippen molar-refractivity contribution in [2.45, 2.75) is 0 Å². The standard InChI is InChI=1S/C10H12O4/c1-13-5-6-14-9-4-2-3-8(7-9)10(11)12/h2-4,7H,5-6H2,1H3,(H,11,12). The molecule has 0 aliphatic heterocycles. The maximum Gasteiger partial charge on any atom is 0.335 e. The van der Waals surface area contributed by atoms with Crippen molar-refractivity contribution >= 4 is 5.97 Å².